The molecule has 5 unspecified atom stereocenters. The van der Waals surface area contributed by atoms with Gasteiger partial charge in [-0.25, -0.2) is 4.79 Å². The largest absolute Gasteiger partial charge is 0.468 e. The number of hydrogen-bond donors (Lipinski definition) is 0. The van der Waals surface area contributed by atoms with Gasteiger partial charge in [0.25, 0.3) is 23.1 Å². The molecule has 0 aromatic rings. The first-order valence-corrected chi connectivity index (χ1v) is 10.1. The van der Waals surface area contributed by atoms with Crippen LogP contribution in [-0.4, -0.2) is 58.0 Å². The summed E-state index contributed by atoms with van der Waals surface area (Å²) in [6.07, 6.45) is -0.164. The summed E-state index contributed by atoms with van der Waals surface area (Å²) in [7, 11) is -3.98. The molecule has 0 amide bonds. The van der Waals surface area contributed by atoms with Gasteiger partial charge in [0.1, 0.15) is 11.4 Å². The Labute approximate surface area is 157 Å². The van der Waals surface area contributed by atoms with Crippen molar-refractivity contribution in [3.05, 3.63) is 12.2 Å². The van der Waals surface area contributed by atoms with Gasteiger partial charge in [0.2, 0.25) is 0 Å². The van der Waals surface area contributed by atoms with Crippen molar-refractivity contribution in [1.82, 2.24) is 0 Å². The second-order valence-electron chi connectivity index (χ2n) is 7.51. The van der Waals surface area contributed by atoms with Gasteiger partial charge in [-0.15, -0.1) is 0 Å². The monoisotopic (exact) mass is 402 g/mol. The molecular weight excluding hydrogens is 380 g/mol. The fourth-order valence-electron chi connectivity index (χ4n) is 5.06. The van der Waals surface area contributed by atoms with Crippen LogP contribution in [0, 0.1) is 10.8 Å². The van der Waals surface area contributed by atoms with E-state index in [-0.39, 0.29) is 25.2 Å². The van der Waals surface area contributed by atoms with Crippen LogP contribution in [0.2, 0.25) is 0 Å². The molecule has 0 radical (unpaired) electrons. The van der Waals surface area contributed by atoms with E-state index in [1.54, 1.807) is 0 Å². The lowest BCUT2D eigenvalue weighted by atomic mass is 9.75. The van der Waals surface area contributed by atoms with E-state index in [2.05, 4.69) is 6.58 Å². The molecule has 3 fully saturated rings. The highest BCUT2D eigenvalue weighted by molar-refractivity contribution is 7.87. The molecular formula is C17H22O9S. The Bertz CT molecular complexity index is 760. The molecule has 3 rings (SSSR count). The van der Waals surface area contributed by atoms with Gasteiger partial charge in [0, 0.05) is 16.4 Å². The van der Waals surface area contributed by atoms with Crippen molar-refractivity contribution >= 4 is 29.0 Å². The summed E-state index contributed by atoms with van der Waals surface area (Å²) >= 11 is 0. The number of carbonyl (C=O) groups is 3. The first kappa shape index (κ1) is 19.8. The highest BCUT2D eigenvalue weighted by Gasteiger charge is 2.79. The van der Waals surface area contributed by atoms with E-state index in [9.17, 15) is 22.8 Å². The van der Waals surface area contributed by atoms with Crippen molar-refractivity contribution in [3.8, 4) is 0 Å². The van der Waals surface area contributed by atoms with Crippen LogP contribution in [0.5, 0.6) is 0 Å². The Morgan fingerprint density at radius 1 is 1.22 bits per heavy atom. The number of hydrogen-bond acceptors (Lipinski definition) is 9. The molecule has 0 N–H and O–H groups in total. The summed E-state index contributed by atoms with van der Waals surface area (Å²) in [6, 6.07) is 0. The number of ether oxygens (including phenoxy) is 3. The standard InChI is InChI=1S/C17H22O9S/c1-11(2)15(20)25-13-14-17(4-6-24-10-19)8-16(13,3-5-23-9-18)7-12(17)26-27(14,21)22/h9-10,12-14H,1,3-8H2,2H3. The maximum atomic E-state index is 12.7. The SMILES string of the molecule is C=C(C)C(=O)OC1C2C3(CCOC=O)CC1(CCOC=O)CC3OS2(=O)=O. The number of rotatable bonds is 10. The molecule has 1 heterocycles. The maximum absolute atomic E-state index is 12.7. The van der Waals surface area contributed by atoms with Gasteiger partial charge in [-0.3, -0.25) is 13.8 Å². The third kappa shape index (κ3) is 3.04. The Morgan fingerprint density at radius 2 is 1.85 bits per heavy atom. The summed E-state index contributed by atoms with van der Waals surface area (Å²) in [6.45, 7) is 5.77. The van der Waals surface area contributed by atoms with Crippen molar-refractivity contribution < 1.29 is 41.2 Å². The zero-order valence-electron chi connectivity index (χ0n) is 14.9. The Morgan fingerprint density at radius 3 is 2.44 bits per heavy atom. The zero-order chi connectivity index (χ0) is 19.9. The minimum absolute atomic E-state index is 0.0391. The van der Waals surface area contributed by atoms with Gasteiger partial charge < -0.3 is 14.2 Å². The van der Waals surface area contributed by atoms with Gasteiger partial charge in [0.15, 0.2) is 0 Å². The smallest absolute Gasteiger partial charge is 0.333 e. The van der Waals surface area contributed by atoms with Crippen LogP contribution < -0.4 is 0 Å². The number of esters is 1. The second kappa shape index (κ2) is 6.90. The number of carbonyl (C=O) groups excluding carboxylic acids is 3. The predicted octanol–water partition coefficient (Wildman–Crippen LogP) is 0.478. The third-order valence-electron chi connectivity index (χ3n) is 6.04. The molecule has 0 spiro atoms. The molecule has 0 aromatic carbocycles. The van der Waals surface area contributed by atoms with Crippen LogP contribution in [-0.2, 0) is 42.9 Å². The van der Waals surface area contributed by atoms with E-state index in [1.165, 1.54) is 6.92 Å². The topological polar surface area (TPSA) is 122 Å². The lowest BCUT2D eigenvalue weighted by Gasteiger charge is -2.37. The summed E-state index contributed by atoms with van der Waals surface area (Å²) < 4.78 is 46.0. The van der Waals surface area contributed by atoms with E-state index in [4.69, 9.17) is 18.4 Å². The molecule has 1 aliphatic heterocycles. The van der Waals surface area contributed by atoms with Crippen molar-refractivity contribution in [1.29, 1.82) is 0 Å². The van der Waals surface area contributed by atoms with Crippen molar-refractivity contribution in [2.45, 2.75) is 50.1 Å². The lowest BCUT2D eigenvalue weighted by Crippen LogP contribution is -2.49. The summed E-state index contributed by atoms with van der Waals surface area (Å²) in [5, 5.41) is -1.06. The van der Waals surface area contributed by atoms with Gasteiger partial charge >= 0.3 is 5.97 Å². The minimum Gasteiger partial charge on any atom is -0.468 e. The van der Waals surface area contributed by atoms with Crippen LogP contribution in [0.4, 0.5) is 0 Å². The maximum Gasteiger partial charge on any atom is 0.333 e. The third-order valence-corrected chi connectivity index (χ3v) is 7.88. The van der Waals surface area contributed by atoms with Gasteiger partial charge in [0.05, 0.1) is 19.3 Å². The van der Waals surface area contributed by atoms with E-state index < -0.39 is 44.4 Å². The quantitative estimate of drug-likeness (QED) is 0.128. The molecule has 5 atom stereocenters. The van der Waals surface area contributed by atoms with E-state index in [0.29, 0.717) is 32.2 Å². The molecule has 0 aromatic heterocycles. The molecule has 2 bridgehead atoms. The molecule has 2 aliphatic carbocycles. The Kier molecular flexibility index (Phi) is 5.06. The summed E-state index contributed by atoms with van der Waals surface area (Å²) in [5.74, 6) is -0.679. The molecule has 2 saturated carbocycles. The minimum atomic E-state index is -3.98. The summed E-state index contributed by atoms with van der Waals surface area (Å²) in [4.78, 5) is 33.2. The van der Waals surface area contributed by atoms with Crippen LogP contribution in [0.25, 0.3) is 0 Å². The van der Waals surface area contributed by atoms with E-state index in [0.717, 1.165) is 0 Å². The molecule has 10 heteroatoms. The van der Waals surface area contributed by atoms with E-state index in [1.807, 2.05) is 0 Å². The number of fused-ring (bicyclic) bond motifs is 1. The van der Waals surface area contributed by atoms with Gasteiger partial charge in [-0.1, -0.05) is 6.58 Å². The highest BCUT2D eigenvalue weighted by Crippen LogP contribution is 2.71. The van der Waals surface area contributed by atoms with Gasteiger partial charge in [-0.05, 0) is 32.6 Å². The first-order valence-electron chi connectivity index (χ1n) is 8.61. The van der Waals surface area contributed by atoms with Gasteiger partial charge in [-0.2, -0.15) is 8.42 Å². The molecule has 150 valence electrons. The second-order valence-corrected chi connectivity index (χ2v) is 9.20. The van der Waals surface area contributed by atoms with Crippen molar-refractivity contribution in [2.24, 2.45) is 10.8 Å². The fraction of sp³-hybridized carbons (Fsp3) is 0.706. The molecule has 1 saturated heterocycles. The van der Waals surface area contributed by atoms with Crippen molar-refractivity contribution in [3.63, 3.8) is 0 Å². The Hall–Kier alpha value is -1.94. The van der Waals surface area contributed by atoms with Crippen LogP contribution in [0.1, 0.15) is 32.6 Å². The summed E-state index contributed by atoms with van der Waals surface area (Å²) in [5.41, 5.74) is -1.36. The normalized spacial score (nSPS) is 37.6. The van der Waals surface area contributed by atoms with E-state index >= 15 is 0 Å². The fourth-order valence-corrected chi connectivity index (χ4v) is 7.34. The van der Waals surface area contributed by atoms with Crippen molar-refractivity contribution in [2.75, 3.05) is 13.2 Å². The predicted molar refractivity (Wildman–Crippen MR) is 89.6 cm³/mol. The lowest BCUT2D eigenvalue weighted by molar-refractivity contribution is -0.153. The van der Waals surface area contributed by atoms with Crippen LogP contribution in [0.3, 0.4) is 0 Å². The highest BCUT2D eigenvalue weighted by atomic mass is 32.2. The molecule has 27 heavy (non-hydrogen) atoms. The average molecular weight is 402 g/mol. The average Bonchev–Trinajstić information content (AvgIpc) is 3.07. The Balaban J connectivity index is 1.98. The first-order chi connectivity index (χ1) is 12.7. The molecule has 3 aliphatic rings. The zero-order valence-corrected chi connectivity index (χ0v) is 15.7. The molecule has 9 nitrogen and oxygen atoms in total. The van der Waals surface area contributed by atoms with Crippen LogP contribution in [0.15, 0.2) is 12.2 Å². The van der Waals surface area contributed by atoms with Crippen LogP contribution >= 0.6 is 0 Å².